The first kappa shape index (κ1) is 27.7. The van der Waals surface area contributed by atoms with Gasteiger partial charge in [0.15, 0.2) is 0 Å². The van der Waals surface area contributed by atoms with Crippen molar-refractivity contribution in [2.45, 2.75) is 136 Å². The largest absolute Gasteiger partial charge is 0.461 e. The summed E-state index contributed by atoms with van der Waals surface area (Å²) in [6, 6.07) is 0. The molecule has 0 radical (unpaired) electrons. The number of rotatable bonds is 9. The number of alkyl halides is 1. The second kappa shape index (κ2) is 11.2. The normalized spacial score (nSPS) is 40.3. The molecule has 0 bridgehead atoms. The van der Waals surface area contributed by atoms with Gasteiger partial charge in [-0.3, -0.25) is 4.79 Å². The van der Waals surface area contributed by atoms with Gasteiger partial charge in [0.05, 0.1) is 0 Å². The van der Waals surface area contributed by atoms with E-state index in [-0.39, 0.29) is 16.9 Å². The van der Waals surface area contributed by atoms with Crippen LogP contribution < -0.4 is 0 Å². The Morgan fingerprint density at radius 2 is 1.83 bits per heavy atom. The smallest absolute Gasteiger partial charge is 0.320 e. The molecule has 4 aliphatic rings. The quantitative estimate of drug-likeness (QED) is 0.163. The summed E-state index contributed by atoms with van der Waals surface area (Å²) in [7, 11) is 0. The molecule has 3 fully saturated rings. The maximum absolute atomic E-state index is 12.5. The molecule has 0 N–H and O–H groups in total. The van der Waals surface area contributed by atoms with Crippen LogP contribution in [0.3, 0.4) is 0 Å². The fraction of sp³-hybridized carbons (Fsp3) is 0.906. The molecule has 0 spiro atoms. The Bertz CT molecular complexity index is 774. The number of carbonyl (C=O) groups is 1. The molecule has 3 saturated carbocycles. The average Bonchev–Trinajstić information content (AvgIpc) is 3.16. The number of ether oxygens (including phenoxy) is 1. The molecule has 200 valence electrons. The Kier molecular flexibility index (Phi) is 8.87. The molecule has 0 unspecified atom stereocenters. The second-order valence-corrected chi connectivity index (χ2v) is 15.0. The molecule has 0 aliphatic heterocycles. The van der Waals surface area contributed by atoms with Crippen molar-refractivity contribution in [1.29, 1.82) is 0 Å². The molecule has 0 saturated heterocycles. The maximum Gasteiger partial charge on any atom is 0.320 e. The zero-order valence-electron chi connectivity index (χ0n) is 23.6. The number of halogens is 1. The summed E-state index contributed by atoms with van der Waals surface area (Å²) in [5, 5.41) is 0. The fourth-order valence-electron chi connectivity index (χ4n) is 9.36. The fourth-order valence-corrected chi connectivity index (χ4v) is 9.93. The van der Waals surface area contributed by atoms with Gasteiger partial charge >= 0.3 is 5.97 Å². The van der Waals surface area contributed by atoms with Crippen molar-refractivity contribution in [3.63, 3.8) is 0 Å². The van der Waals surface area contributed by atoms with Gasteiger partial charge in [-0.1, -0.05) is 94.8 Å². The molecule has 2 nitrogen and oxygen atoms in total. The molecule has 4 aliphatic carbocycles. The van der Waals surface area contributed by atoms with Gasteiger partial charge in [0.2, 0.25) is 0 Å². The minimum Gasteiger partial charge on any atom is -0.461 e. The van der Waals surface area contributed by atoms with Gasteiger partial charge < -0.3 is 4.74 Å². The van der Waals surface area contributed by atoms with E-state index in [0.29, 0.717) is 10.8 Å². The Morgan fingerprint density at radius 3 is 2.54 bits per heavy atom. The Hall–Kier alpha value is -0.310. The van der Waals surface area contributed by atoms with Crippen LogP contribution in [-0.4, -0.2) is 16.9 Å². The van der Waals surface area contributed by atoms with Crippen LogP contribution in [0.1, 0.15) is 125 Å². The number of fused-ring (bicyclic) bond motifs is 5. The Labute approximate surface area is 224 Å². The number of carbonyl (C=O) groups excluding carboxylic acids is 1. The highest BCUT2D eigenvalue weighted by Gasteiger charge is 2.59. The highest BCUT2D eigenvalue weighted by atomic mass is 79.9. The lowest BCUT2D eigenvalue weighted by Gasteiger charge is -2.58. The summed E-state index contributed by atoms with van der Waals surface area (Å²) in [5.41, 5.74) is 2.49. The number of hydrogen-bond acceptors (Lipinski definition) is 2. The summed E-state index contributed by atoms with van der Waals surface area (Å²) >= 11 is 3.53. The second-order valence-electron chi connectivity index (χ2n) is 13.8. The lowest BCUT2D eigenvalue weighted by molar-refractivity contribution is -0.150. The Morgan fingerprint density at radius 1 is 1.06 bits per heavy atom. The van der Waals surface area contributed by atoms with Crippen molar-refractivity contribution in [2.24, 2.45) is 46.3 Å². The van der Waals surface area contributed by atoms with Crippen molar-refractivity contribution in [1.82, 2.24) is 0 Å². The topological polar surface area (TPSA) is 26.3 Å². The van der Waals surface area contributed by atoms with E-state index in [2.05, 4.69) is 63.5 Å². The summed E-state index contributed by atoms with van der Waals surface area (Å²) in [4.78, 5) is 12.4. The van der Waals surface area contributed by atoms with Crippen LogP contribution in [0, 0.1) is 46.3 Å². The van der Waals surface area contributed by atoms with Gasteiger partial charge in [-0.2, -0.15) is 0 Å². The van der Waals surface area contributed by atoms with Gasteiger partial charge in [-0.15, -0.1) is 0 Å². The minimum absolute atomic E-state index is 0.0531. The summed E-state index contributed by atoms with van der Waals surface area (Å²) in [5.74, 6) is 5.19. The first-order chi connectivity index (χ1) is 16.6. The van der Waals surface area contributed by atoms with Crippen LogP contribution in [0.5, 0.6) is 0 Å². The lowest BCUT2D eigenvalue weighted by atomic mass is 9.47. The van der Waals surface area contributed by atoms with Crippen molar-refractivity contribution in [3.8, 4) is 0 Å². The predicted molar refractivity (Wildman–Crippen MR) is 151 cm³/mol. The Balaban J connectivity index is 1.42. The van der Waals surface area contributed by atoms with E-state index < -0.39 is 0 Å². The third-order valence-electron chi connectivity index (χ3n) is 11.3. The van der Waals surface area contributed by atoms with E-state index >= 15 is 0 Å². The molecular weight excluding hydrogens is 496 g/mol. The van der Waals surface area contributed by atoms with Crippen LogP contribution in [0.15, 0.2) is 11.6 Å². The standard InChI is InChI=1S/C32H53BrO2/c1-7-9-29(33)30(34)35-24-16-18-31(5)23(20-24)12-13-25-27-15-14-26(22(4)11-8-10-21(2)3)32(27,6)19-17-28(25)31/h12,21-22,24-29H,7-11,13-20H2,1-6H3/t22-,24-,25+,26-,27+,28+,29+,31-,32+/m0/s1. The van der Waals surface area contributed by atoms with Crippen LogP contribution in [0.25, 0.3) is 0 Å². The van der Waals surface area contributed by atoms with Crippen molar-refractivity contribution in [3.05, 3.63) is 11.6 Å². The highest BCUT2D eigenvalue weighted by Crippen LogP contribution is 2.67. The summed E-state index contributed by atoms with van der Waals surface area (Å²) < 4.78 is 5.98. The average molecular weight is 550 g/mol. The predicted octanol–water partition coefficient (Wildman–Crippen LogP) is 9.50. The number of esters is 1. The molecule has 35 heavy (non-hydrogen) atoms. The van der Waals surface area contributed by atoms with Crippen molar-refractivity contribution >= 4 is 21.9 Å². The lowest BCUT2D eigenvalue weighted by Crippen LogP contribution is -2.51. The first-order valence-electron chi connectivity index (χ1n) is 15.1. The van der Waals surface area contributed by atoms with Gasteiger partial charge in [0.25, 0.3) is 0 Å². The van der Waals surface area contributed by atoms with Crippen LogP contribution in [0.4, 0.5) is 0 Å². The van der Waals surface area contributed by atoms with Crippen molar-refractivity contribution < 1.29 is 9.53 Å². The van der Waals surface area contributed by atoms with E-state index in [4.69, 9.17) is 4.74 Å². The molecule has 9 atom stereocenters. The van der Waals surface area contributed by atoms with Gasteiger partial charge in [0, 0.05) is 6.42 Å². The number of hydrogen-bond donors (Lipinski definition) is 0. The zero-order valence-corrected chi connectivity index (χ0v) is 25.2. The van der Waals surface area contributed by atoms with E-state index in [1.54, 1.807) is 5.57 Å². The van der Waals surface area contributed by atoms with Crippen LogP contribution in [-0.2, 0) is 9.53 Å². The van der Waals surface area contributed by atoms with E-state index in [1.165, 1.54) is 57.8 Å². The minimum atomic E-state index is -0.148. The first-order valence-corrected chi connectivity index (χ1v) is 16.1. The summed E-state index contributed by atoms with van der Waals surface area (Å²) in [6.07, 6.45) is 19.0. The zero-order chi connectivity index (χ0) is 25.4. The molecule has 0 aromatic carbocycles. The van der Waals surface area contributed by atoms with E-state index in [1.807, 2.05) is 0 Å². The molecule has 0 aromatic heterocycles. The molecule has 3 heteroatoms. The van der Waals surface area contributed by atoms with E-state index in [9.17, 15) is 4.79 Å². The SMILES string of the molecule is CCC[C@@H](Br)C(=O)O[C@H]1CC[C@@]2(C)C(=CC[C@@H]3[C@H]4CC[C@@H]([C@@H](C)CCCC(C)C)[C@@]4(C)CC[C@H]32)C1. The van der Waals surface area contributed by atoms with Crippen LogP contribution in [0.2, 0.25) is 0 Å². The molecule has 0 aromatic rings. The van der Waals surface area contributed by atoms with E-state index in [0.717, 1.165) is 61.2 Å². The highest BCUT2D eigenvalue weighted by molar-refractivity contribution is 9.10. The molecule has 0 amide bonds. The summed E-state index contributed by atoms with van der Waals surface area (Å²) in [6.45, 7) is 14.7. The monoisotopic (exact) mass is 548 g/mol. The molecule has 0 heterocycles. The van der Waals surface area contributed by atoms with Gasteiger partial charge in [-0.25, -0.2) is 0 Å². The van der Waals surface area contributed by atoms with Crippen LogP contribution >= 0.6 is 15.9 Å². The maximum atomic E-state index is 12.5. The van der Waals surface area contributed by atoms with Gasteiger partial charge in [0.1, 0.15) is 10.9 Å². The third kappa shape index (κ3) is 5.46. The van der Waals surface area contributed by atoms with Crippen molar-refractivity contribution in [2.75, 3.05) is 0 Å². The molecule has 4 rings (SSSR count). The molecular formula is C32H53BrO2. The van der Waals surface area contributed by atoms with Gasteiger partial charge in [-0.05, 0) is 97.7 Å². The third-order valence-corrected chi connectivity index (χ3v) is 12.2. The number of allylic oxidation sites excluding steroid dienone is 1.